The maximum absolute atomic E-state index is 13.4. The van der Waals surface area contributed by atoms with Gasteiger partial charge in [0.15, 0.2) is 0 Å². The monoisotopic (exact) mass is 369 g/mol. The summed E-state index contributed by atoms with van der Waals surface area (Å²) in [4.78, 5) is 0. The van der Waals surface area contributed by atoms with Gasteiger partial charge in [0.1, 0.15) is 5.82 Å². The van der Waals surface area contributed by atoms with Gasteiger partial charge >= 0.3 is 0 Å². The molecule has 0 saturated carbocycles. The molecule has 0 spiro atoms. The fraction of sp³-hybridized carbons (Fsp3) is 0.294. The third-order valence-electron chi connectivity index (χ3n) is 3.40. The Morgan fingerprint density at radius 1 is 1.19 bits per heavy atom. The van der Waals surface area contributed by atoms with Gasteiger partial charge in [0.05, 0.1) is 10.5 Å². The molecule has 1 unspecified atom stereocenters. The molecule has 21 heavy (non-hydrogen) atoms. The van der Waals surface area contributed by atoms with E-state index in [9.17, 15) is 4.39 Å². The topological polar surface area (TPSA) is 12.0 Å². The Kier molecular flexibility index (Phi) is 5.80. The number of rotatable bonds is 5. The van der Waals surface area contributed by atoms with Crippen molar-refractivity contribution in [3.63, 3.8) is 0 Å². The summed E-state index contributed by atoms with van der Waals surface area (Å²) >= 11 is 9.49. The van der Waals surface area contributed by atoms with Gasteiger partial charge < -0.3 is 5.32 Å². The van der Waals surface area contributed by atoms with Crippen LogP contribution in [0.3, 0.4) is 0 Å². The van der Waals surface area contributed by atoms with Crippen molar-refractivity contribution in [1.82, 2.24) is 5.32 Å². The molecule has 1 N–H and O–H groups in total. The van der Waals surface area contributed by atoms with E-state index >= 15 is 0 Å². The molecule has 1 nitrogen and oxygen atoms in total. The Hall–Kier alpha value is -0.900. The Morgan fingerprint density at radius 2 is 1.86 bits per heavy atom. The molecule has 0 aromatic heterocycles. The zero-order chi connectivity index (χ0) is 15.4. The van der Waals surface area contributed by atoms with E-state index in [0.29, 0.717) is 4.47 Å². The predicted octanol–water partition coefficient (Wildman–Crippen LogP) is 5.64. The lowest BCUT2D eigenvalue weighted by molar-refractivity contribution is 0.591. The molecule has 2 aromatic rings. The summed E-state index contributed by atoms with van der Waals surface area (Å²) in [5.74, 6) is -0.255. The molecule has 0 fully saturated rings. The van der Waals surface area contributed by atoms with Gasteiger partial charge in [-0.1, -0.05) is 36.7 Å². The summed E-state index contributed by atoms with van der Waals surface area (Å²) in [5, 5.41) is 4.24. The van der Waals surface area contributed by atoms with Crippen LogP contribution in [0.1, 0.15) is 36.1 Å². The zero-order valence-corrected chi connectivity index (χ0v) is 14.4. The van der Waals surface area contributed by atoms with E-state index in [2.05, 4.69) is 34.2 Å². The normalized spacial score (nSPS) is 12.4. The Labute approximate surface area is 138 Å². The van der Waals surface area contributed by atoms with Gasteiger partial charge in [0.2, 0.25) is 0 Å². The second-order valence-corrected chi connectivity index (χ2v) is 6.33. The molecular weight excluding hydrogens is 353 g/mol. The van der Waals surface area contributed by atoms with Crippen LogP contribution in [0.4, 0.5) is 4.39 Å². The summed E-state index contributed by atoms with van der Waals surface area (Å²) in [6.07, 6.45) is 1.03. The van der Waals surface area contributed by atoms with Crippen molar-refractivity contribution in [2.24, 2.45) is 0 Å². The summed E-state index contributed by atoms with van der Waals surface area (Å²) in [5.41, 5.74) is 3.14. The quantitative estimate of drug-likeness (QED) is 0.718. The highest BCUT2D eigenvalue weighted by Crippen LogP contribution is 2.28. The van der Waals surface area contributed by atoms with Crippen LogP contribution < -0.4 is 5.32 Å². The lowest BCUT2D eigenvalue weighted by Crippen LogP contribution is -2.23. The minimum absolute atomic E-state index is 0.0000463. The second kappa shape index (κ2) is 7.39. The third-order valence-corrected chi connectivity index (χ3v) is 4.42. The first kappa shape index (κ1) is 16.5. The lowest BCUT2D eigenvalue weighted by atomic mass is 9.97. The van der Waals surface area contributed by atoms with Crippen molar-refractivity contribution in [2.75, 3.05) is 6.54 Å². The van der Waals surface area contributed by atoms with Gasteiger partial charge in [-0.05, 0) is 70.7 Å². The first-order valence-electron chi connectivity index (χ1n) is 6.97. The molecule has 2 rings (SSSR count). The minimum atomic E-state index is -0.255. The number of hydrogen-bond acceptors (Lipinski definition) is 1. The fourth-order valence-electron chi connectivity index (χ4n) is 2.20. The van der Waals surface area contributed by atoms with Gasteiger partial charge in [0, 0.05) is 5.02 Å². The molecule has 1 atom stereocenters. The SMILES string of the molecule is CCCNC(c1ccc(C)c(Cl)c1)c1ccc(F)c(Br)c1. The smallest absolute Gasteiger partial charge is 0.137 e. The molecule has 4 heteroatoms. The molecule has 0 bridgehead atoms. The summed E-state index contributed by atoms with van der Waals surface area (Å²) in [7, 11) is 0. The largest absolute Gasteiger partial charge is 0.306 e. The average molecular weight is 371 g/mol. The van der Waals surface area contributed by atoms with E-state index in [0.717, 1.165) is 34.7 Å². The molecule has 0 aliphatic heterocycles. The molecule has 0 saturated heterocycles. The van der Waals surface area contributed by atoms with Crippen LogP contribution in [0.2, 0.25) is 5.02 Å². The first-order valence-corrected chi connectivity index (χ1v) is 8.14. The van der Waals surface area contributed by atoms with Crippen LogP contribution in [-0.4, -0.2) is 6.54 Å². The maximum atomic E-state index is 13.4. The molecule has 112 valence electrons. The Bertz CT molecular complexity index is 579. The first-order chi connectivity index (χ1) is 10.0. The number of hydrogen-bond donors (Lipinski definition) is 1. The van der Waals surface area contributed by atoms with Crippen molar-refractivity contribution in [3.05, 3.63) is 68.4 Å². The fourth-order valence-corrected chi connectivity index (χ4v) is 2.78. The third kappa shape index (κ3) is 4.06. The van der Waals surface area contributed by atoms with Crippen LogP contribution in [-0.2, 0) is 0 Å². The molecule has 0 aliphatic carbocycles. The van der Waals surface area contributed by atoms with E-state index in [-0.39, 0.29) is 11.9 Å². The van der Waals surface area contributed by atoms with Crippen LogP contribution in [0.5, 0.6) is 0 Å². The lowest BCUT2D eigenvalue weighted by Gasteiger charge is -2.20. The van der Waals surface area contributed by atoms with Crippen molar-refractivity contribution >= 4 is 27.5 Å². The highest BCUT2D eigenvalue weighted by Gasteiger charge is 2.15. The molecular formula is C17H18BrClFN. The summed E-state index contributed by atoms with van der Waals surface area (Å²) < 4.78 is 13.9. The maximum Gasteiger partial charge on any atom is 0.137 e. The molecule has 0 aliphatic rings. The molecule has 0 amide bonds. The number of benzene rings is 2. The standard InChI is InChI=1S/C17H18BrClFN/c1-3-8-21-17(12-6-7-16(20)14(18)9-12)13-5-4-11(2)15(19)10-13/h4-7,9-10,17,21H,3,8H2,1-2H3. The summed E-state index contributed by atoms with van der Waals surface area (Å²) in [6, 6.07) is 11.2. The van der Waals surface area contributed by atoms with E-state index in [1.54, 1.807) is 6.07 Å². The predicted molar refractivity (Wildman–Crippen MR) is 90.4 cm³/mol. The molecule has 0 heterocycles. The Morgan fingerprint density at radius 3 is 2.48 bits per heavy atom. The van der Waals surface area contributed by atoms with Crippen molar-refractivity contribution in [3.8, 4) is 0 Å². The number of nitrogens with one attached hydrogen (secondary N) is 1. The Balaban J connectivity index is 2.41. The van der Waals surface area contributed by atoms with Crippen molar-refractivity contribution < 1.29 is 4.39 Å². The van der Waals surface area contributed by atoms with Crippen LogP contribution in [0.15, 0.2) is 40.9 Å². The van der Waals surface area contributed by atoms with Crippen LogP contribution >= 0.6 is 27.5 Å². The van der Waals surface area contributed by atoms with Gasteiger partial charge in [-0.3, -0.25) is 0 Å². The highest BCUT2D eigenvalue weighted by atomic mass is 79.9. The average Bonchev–Trinajstić information content (AvgIpc) is 2.46. The van der Waals surface area contributed by atoms with E-state index in [1.165, 1.54) is 6.07 Å². The second-order valence-electron chi connectivity index (χ2n) is 5.07. The summed E-state index contributed by atoms with van der Waals surface area (Å²) in [6.45, 7) is 4.98. The van der Waals surface area contributed by atoms with Crippen LogP contribution in [0.25, 0.3) is 0 Å². The van der Waals surface area contributed by atoms with Gasteiger partial charge in [-0.2, -0.15) is 0 Å². The van der Waals surface area contributed by atoms with Crippen LogP contribution in [0, 0.1) is 12.7 Å². The van der Waals surface area contributed by atoms with Crippen molar-refractivity contribution in [1.29, 1.82) is 0 Å². The van der Waals surface area contributed by atoms with Crippen molar-refractivity contribution in [2.45, 2.75) is 26.3 Å². The highest BCUT2D eigenvalue weighted by molar-refractivity contribution is 9.10. The van der Waals surface area contributed by atoms with E-state index in [4.69, 9.17) is 11.6 Å². The molecule has 0 radical (unpaired) electrons. The van der Waals surface area contributed by atoms with Gasteiger partial charge in [-0.15, -0.1) is 0 Å². The van der Waals surface area contributed by atoms with Gasteiger partial charge in [0.25, 0.3) is 0 Å². The van der Waals surface area contributed by atoms with E-state index in [1.807, 2.05) is 25.1 Å². The number of halogens is 3. The zero-order valence-electron chi connectivity index (χ0n) is 12.1. The number of aryl methyl sites for hydroxylation is 1. The van der Waals surface area contributed by atoms with E-state index < -0.39 is 0 Å². The molecule has 2 aromatic carbocycles. The minimum Gasteiger partial charge on any atom is -0.306 e. The van der Waals surface area contributed by atoms with Gasteiger partial charge in [-0.25, -0.2) is 4.39 Å².